The summed E-state index contributed by atoms with van der Waals surface area (Å²) in [5.74, 6) is 0.0104. The van der Waals surface area contributed by atoms with Crippen molar-refractivity contribution in [2.24, 2.45) is 0 Å². The maximum Gasteiger partial charge on any atom is 0.260 e. The Kier molecular flexibility index (Phi) is 1.93. The number of rotatable bonds is 0. The predicted molar refractivity (Wildman–Crippen MR) is 69.2 cm³/mol. The maximum absolute atomic E-state index is 12.5. The van der Waals surface area contributed by atoms with Gasteiger partial charge in [-0.25, -0.2) is 0 Å². The minimum absolute atomic E-state index is 0.0620. The lowest BCUT2D eigenvalue weighted by Gasteiger charge is -2.30. The van der Waals surface area contributed by atoms with Crippen molar-refractivity contribution in [1.82, 2.24) is 4.98 Å². The molecule has 0 radical (unpaired) electrons. The second kappa shape index (κ2) is 3.51. The molecule has 4 nitrogen and oxygen atoms in total. The zero-order valence-corrected chi connectivity index (χ0v) is 10.0. The summed E-state index contributed by atoms with van der Waals surface area (Å²) >= 11 is 0. The van der Waals surface area contributed by atoms with Crippen LogP contribution in [0.3, 0.4) is 0 Å². The van der Waals surface area contributed by atoms with Gasteiger partial charge in [0.25, 0.3) is 5.91 Å². The van der Waals surface area contributed by atoms with Crippen molar-refractivity contribution in [1.29, 1.82) is 0 Å². The summed E-state index contributed by atoms with van der Waals surface area (Å²) in [7, 11) is 0. The molecule has 0 saturated heterocycles. The molecule has 1 unspecified atom stereocenters. The molecule has 1 aromatic carbocycles. The van der Waals surface area contributed by atoms with Crippen molar-refractivity contribution in [2.75, 3.05) is 4.90 Å². The summed E-state index contributed by atoms with van der Waals surface area (Å²) in [6.45, 7) is 0. The fraction of sp³-hybridized carbons (Fsp3) is 0.133. The summed E-state index contributed by atoms with van der Waals surface area (Å²) in [5, 5.41) is 0. The lowest BCUT2D eigenvalue weighted by Crippen LogP contribution is -2.34. The Bertz CT molecular complexity index is 724. The van der Waals surface area contributed by atoms with Crippen LogP contribution in [0.1, 0.15) is 38.9 Å². The van der Waals surface area contributed by atoms with E-state index in [2.05, 4.69) is 4.98 Å². The molecule has 4 rings (SSSR count). The molecule has 1 aromatic heterocycles. The van der Waals surface area contributed by atoms with Gasteiger partial charge < -0.3 is 0 Å². The first-order valence-corrected chi connectivity index (χ1v) is 6.18. The van der Waals surface area contributed by atoms with Crippen LogP contribution in [-0.4, -0.2) is 16.7 Å². The monoisotopic (exact) mass is 250 g/mol. The minimum atomic E-state index is -0.244. The number of nitrogens with zero attached hydrogens (tertiary/aromatic N) is 2. The second-order valence-electron chi connectivity index (χ2n) is 4.77. The topological polar surface area (TPSA) is 50.3 Å². The summed E-state index contributed by atoms with van der Waals surface area (Å²) in [6, 6.07) is 10.5. The number of Topliss-reactive ketones (excluding diaryl/α,β-unsaturated/α-hetero) is 1. The van der Waals surface area contributed by atoms with Gasteiger partial charge in [-0.3, -0.25) is 19.5 Å². The van der Waals surface area contributed by atoms with Crippen molar-refractivity contribution in [3.63, 3.8) is 0 Å². The predicted octanol–water partition coefficient (Wildman–Crippen LogP) is 2.37. The van der Waals surface area contributed by atoms with Gasteiger partial charge >= 0.3 is 0 Å². The van der Waals surface area contributed by atoms with Crippen LogP contribution in [0.4, 0.5) is 5.69 Å². The molecule has 4 heteroatoms. The summed E-state index contributed by atoms with van der Waals surface area (Å²) in [4.78, 5) is 30.6. The molecule has 19 heavy (non-hydrogen) atoms. The van der Waals surface area contributed by atoms with Crippen LogP contribution in [0.25, 0.3) is 0 Å². The smallest absolute Gasteiger partial charge is 0.260 e. The number of ketones is 1. The Morgan fingerprint density at radius 1 is 1.05 bits per heavy atom. The van der Waals surface area contributed by atoms with Crippen molar-refractivity contribution < 1.29 is 9.59 Å². The van der Waals surface area contributed by atoms with Crippen LogP contribution in [0.15, 0.2) is 42.6 Å². The van der Waals surface area contributed by atoms with E-state index in [1.54, 1.807) is 29.3 Å². The van der Waals surface area contributed by atoms with Crippen LogP contribution < -0.4 is 4.90 Å². The van der Waals surface area contributed by atoms with E-state index in [9.17, 15) is 9.59 Å². The van der Waals surface area contributed by atoms with Crippen molar-refractivity contribution in [3.8, 4) is 0 Å². The molecule has 0 spiro atoms. The largest absolute Gasteiger partial charge is 0.298 e. The Hall–Kier alpha value is -2.49. The molecule has 2 aliphatic heterocycles. The molecule has 3 heterocycles. The van der Waals surface area contributed by atoms with Crippen LogP contribution in [-0.2, 0) is 0 Å². The number of hydrogen-bond donors (Lipinski definition) is 0. The van der Waals surface area contributed by atoms with E-state index in [0.717, 1.165) is 5.69 Å². The molecule has 2 aromatic rings. The Balaban J connectivity index is 1.97. The highest BCUT2D eigenvalue weighted by Gasteiger charge is 2.44. The van der Waals surface area contributed by atoms with Crippen LogP contribution in [0.5, 0.6) is 0 Å². The highest BCUT2D eigenvalue weighted by atomic mass is 16.2. The molecule has 0 N–H and O–H groups in total. The summed E-state index contributed by atoms with van der Waals surface area (Å²) in [5.41, 5.74) is 2.65. The van der Waals surface area contributed by atoms with Crippen LogP contribution in [0, 0.1) is 0 Å². The number of para-hydroxylation sites is 1. The average molecular weight is 250 g/mol. The Labute approximate surface area is 109 Å². The lowest BCUT2D eigenvalue weighted by molar-refractivity contribution is 0.0946. The molecule has 92 valence electrons. The third kappa shape index (κ3) is 1.25. The Morgan fingerprint density at radius 2 is 1.84 bits per heavy atom. The number of amides is 1. The van der Waals surface area contributed by atoms with E-state index in [4.69, 9.17) is 0 Å². The summed E-state index contributed by atoms with van der Waals surface area (Å²) in [6.07, 6.45) is 1.98. The molecule has 1 atom stereocenters. The maximum atomic E-state index is 12.5. The zero-order chi connectivity index (χ0) is 13.0. The highest BCUT2D eigenvalue weighted by Crippen LogP contribution is 2.43. The third-order valence-corrected chi connectivity index (χ3v) is 3.76. The van der Waals surface area contributed by atoms with Gasteiger partial charge in [0.1, 0.15) is 0 Å². The SMILES string of the molecule is O=C1CC2c3ncccc3C(=O)N2c2ccccc21. The molecular weight excluding hydrogens is 240 g/mol. The molecule has 0 aliphatic carbocycles. The lowest BCUT2D eigenvalue weighted by atomic mass is 9.95. The van der Waals surface area contributed by atoms with E-state index in [0.29, 0.717) is 23.2 Å². The van der Waals surface area contributed by atoms with E-state index < -0.39 is 0 Å². The minimum Gasteiger partial charge on any atom is -0.298 e. The number of anilines is 1. The molecule has 0 saturated carbocycles. The zero-order valence-electron chi connectivity index (χ0n) is 10.0. The normalized spacial score (nSPS) is 20.0. The van der Waals surface area contributed by atoms with Gasteiger partial charge in [-0.2, -0.15) is 0 Å². The van der Waals surface area contributed by atoms with E-state index in [1.165, 1.54) is 0 Å². The number of carbonyl (C=O) groups is 2. The fourth-order valence-electron chi connectivity index (χ4n) is 2.93. The number of carbonyl (C=O) groups excluding carboxylic acids is 2. The average Bonchev–Trinajstić information content (AvgIpc) is 2.73. The van der Waals surface area contributed by atoms with Crippen LogP contribution >= 0.6 is 0 Å². The molecular formula is C15H10N2O2. The third-order valence-electron chi connectivity index (χ3n) is 3.76. The number of benzene rings is 1. The van der Waals surface area contributed by atoms with Gasteiger partial charge in [0.15, 0.2) is 5.78 Å². The van der Waals surface area contributed by atoms with E-state index >= 15 is 0 Å². The molecule has 1 amide bonds. The van der Waals surface area contributed by atoms with Crippen molar-refractivity contribution >= 4 is 17.4 Å². The van der Waals surface area contributed by atoms with Gasteiger partial charge in [0.2, 0.25) is 0 Å². The number of aromatic nitrogens is 1. The Morgan fingerprint density at radius 3 is 2.74 bits per heavy atom. The molecule has 0 fully saturated rings. The highest BCUT2D eigenvalue weighted by molar-refractivity contribution is 6.17. The summed E-state index contributed by atoms with van der Waals surface area (Å²) < 4.78 is 0. The van der Waals surface area contributed by atoms with Crippen molar-refractivity contribution in [3.05, 3.63) is 59.4 Å². The van der Waals surface area contributed by atoms with Gasteiger partial charge in [-0.05, 0) is 24.3 Å². The van der Waals surface area contributed by atoms with Gasteiger partial charge in [0.05, 0.1) is 23.0 Å². The van der Waals surface area contributed by atoms with Gasteiger partial charge in [-0.1, -0.05) is 12.1 Å². The quantitative estimate of drug-likeness (QED) is 0.721. The number of fused-ring (bicyclic) bond motifs is 5. The first-order chi connectivity index (χ1) is 9.27. The molecule has 2 aliphatic rings. The fourth-order valence-corrected chi connectivity index (χ4v) is 2.93. The van der Waals surface area contributed by atoms with E-state index in [-0.39, 0.29) is 17.7 Å². The van der Waals surface area contributed by atoms with E-state index in [1.807, 2.05) is 18.2 Å². The van der Waals surface area contributed by atoms with Crippen LogP contribution in [0.2, 0.25) is 0 Å². The second-order valence-corrected chi connectivity index (χ2v) is 4.77. The van der Waals surface area contributed by atoms with Gasteiger partial charge in [-0.15, -0.1) is 0 Å². The molecule has 0 bridgehead atoms. The first-order valence-electron chi connectivity index (χ1n) is 6.18. The number of pyridine rings is 1. The van der Waals surface area contributed by atoms with Crippen molar-refractivity contribution in [2.45, 2.75) is 12.5 Å². The first kappa shape index (κ1) is 10.4. The van der Waals surface area contributed by atoms with Gasteiger partial charge in [0, 0.05) is 18.2 Å². The standard InChI is InChI=1S/C15H10N2O2/c18-13-8-12-14-10(5-3-7-16-14)15(19)17(12)11-6-2-1-4-9(11)13/h1-7,12H,8H2. The number of hydrogen-bond acceptors (Lipinski definition) is 3.